The van der Waals surface area contributed by atoms with Gasteiger partial charge in [0.2, 0.25) is 0 Å². The minimum absolute atomic E-state index is 0.000541. The summed E-state index contributed by atoms with van der Waals surface area (Å²) >= 11 is 0. The molecule has 5 heteroatoms. The van der Waals surface area contributed by atoms with Crippen LogP contribution in [0.2, 0.25) is 0 Å². The minimum atomic E-state index is -1.01. The number of benzene rings is 1. The molecule has 0 fully saturated rings. The largest absolute Gasteiger partial charge is 0.489 e. The molecule has 1 aromatic carbocycles. The second-order valence-electron chi connectivity index (χ2n) is 3.27. The van der Waals surface area contributed by atoms with Crippen LogP contribution in [0.3, 0.4) is 0 Å². The number of hydrogen-bond donors (Lipinski definition) is 1. The highest BCUT2D eigenvalue weighted by Gasteiger charge is 2.05. The zero-order valence-corrected chi connectivity index (χ0v) is 9.24. The van der Waals surface area contributed by atoms with E-state index >= 15 is 0 Å². The van der Waals surface area contributed by atoms with Crippen molar-refractivity contribution in [1.29, 1.82) is 0 Å². The maximum atomic E-state index is 12.8. The van der Waals surface area contributed by atoms with E-state index in [0.717, 1.165) is 12.1 Å². The van der Waals surface area contributed by atoms with Gasteiger partial charge in [0.1, 0.15) is 12.4 Å². The molecule has 1 N–H and O–H groups in total. The van der Waals surface area contributed by atoms with E-state index in [1.807, 2.05) is 0 Å². The monoisotopic (exact) mass is 242 g/mol. The molecule has 0 bridgehead atoms. The molecule has 0 amide bonds. The summed E-state index contributed by atoms with van der Waals surface area (Å²) in [6, 6.07) is 3.14. The molecule has 0 aliphatic carbocycles. The van der Waals surface area contributed by atoms with Crippen LogP contribution in [0.25, 0.3) is 0 Å². The molecular weight excluding hydrogens is 230 g/mol. The molecule has 0 unspecified atom stereocenters. The fourth-order valence-corrected chi connectivity index (χ4v) is 1.19. The number of carboxylic acid groups (broad SMARTS) is 1. The number of carboxylic acids is 1. The Morgan fingerprint density at radius 1 is 1.41 bits per heavy atom. The van der Waals surface area contributed by atoms with Crippen molar-refractivity contribution in [3.63, 3.8) is 0 Å². The third kappa shape index (κ3) is 3.86. The number of rotatable bonds is 5. The van der Waals surface area contributed by atoms with Gasteiger partial charge in [-0.3, -0.25) is 0 Å². The van der Waals surface area contributed by atoms with E-state index in [2.05, 4.69) is 0 Å². The summed E-state index contributed by atoms with van der Waals surface area (Å²) < 4.78 is 30.5. The van der Waals surface area contributed by atoms with Crippen molar-refractivity contribution in [3.8, 4) is 5.75 Å². The molecule has 17 heavy (non-hydrogen) atoms. The lowest BCUT2D eigenvalue weighted by Gasteiger charge is -2.04. The Bertz CT molecular complexity index is 441. The quantitative estimate of drug-likeness (QED) is 0.807. The third-order valence-electron chi connectivity index (χ3n) is 2.13. The normalized spacial score (nSPS) is 11.4. The maximum absolute atomic E-state index is 12.8. The second-order valence-corrected chi connectivity index (χ2v) is 3.27. The van der Waals surface area contributed by atoms with Gasteiger partial charge in [0.15, 0.2) is 11.6 Å². The molecule has 0 aromatic heterocycles. The van der Waals surface area contributed by atoms with Crippen LogP contribution in [0.15, 0.2) is 29.8 Å². The highest BCUT2D eigenvalue weighted by molar-refractivity contribution is 5.86. The minimum Gasteiger partial charge on any atom is -0.489 e. The number of aliphatic carboxylic acids is 1. The predicted octanol–water partition coefficient (Wildman–Crippen LogP) is 2.76. The van der Waals surface area contributed by atoms with E-state index in [9.17, 15) is 13.6 Å². The summed E-state index contributed by atoms with van der Waals surface area (Å²) in [7, 11) is 0. The molecule has 0 atom stereocenters. The van der Waals surface area contributed by atoms with Gasteiger partial charge in [-0.05, 0) is 24.6 Å². The van der Waals surface area contributed by atoms with Crippen LogP contribution in [0.4, 0.5) is 8.78 Å². The van der Waals surface area contributed by atoms with Gasteiger partial charge in [0.05, 0.1) is 0 Å². The molecule has 0 heterocycles. The second kappa shape index (κ2) is 5.98. The lowest BCUT2D eigenvalue weighted by Crippen LogP contribution is -2.03. The zero-order chi connectivity index (χ0) is 12.8. The van der Waals surface area contributed by atoms with Crippen LogP contribution < -0.4 is 4.74 Å². The standard InChI is InChI=1S/C12H12F2O3/c1-2-8(12(15)16)5-6-17-9-3-4-10(13)11(14)7-9/h3-5,7H,2,6H2,1H3,(H,15,16). The molecule has 1 rings (SSSR count). The molecule has 1 aromatic rings. The van der Waals surface area contributed by atoms with Crippen molar-refractivity contribution < 1.29 is 23.4 Å². The molecule has 0 saturated carbocycles. The van der Waals surface area contributed by atoms with E-state index < -0.39 is 17.6 Å². The number of halogens is 2. The summed E-state index contributed by atoms with van der Waals surface area (Å²) in [6.45, 7) is 1.71. The van der Waals surface area contributed by atoms with E-state index in [0.29, 0.717) is 6.42 Å². The van der Waals surface area contributed by atoms with Crippen LogP contribution >= 0.6 is 0 Å². The summed E-state index contributed by atoms with van der Waals surface area (Å²) in [5.41, 5.74) is 0.215. The molecule has 0 radical (unpaired) electrons. The lowest BCUT2D eigenvalue weighted by molar-refractivity contribution is -0.132. The Hall–Kier alpha value is -1.91. The van der Waals surface area contributed by atoms with E-state index in [1.165, 1.54) is 12.1 Å². The molecule has 92 valence electrons. The van der Waals surface area contributed by atoms with E-state index in [-0.39, 0.29) is 17.9 Å². The van der Waals surface area contributed by atoms with E-state index in [1.54, 1.807) is 6.92 Å². The molecule has 0 saturated heterocycles. The lowest BCUT2D eigenvalue weighted by atomic mass is 10.2. The van der Waals surface area contributed by atoms with E-state index in [4.69, 9.17) is 9.84 Å². The summed E-state index contributed by atoms with van der Waals surface area (Å²) in [6.07, 6.45) is 1.76. The van der Waals surface area contributed by atoms with Crippen LogP contribution in [0.5, 0.6) is 5.75 Å². The van der Waals surface area contributed by atoms with Gasteiger partial charge in [-0.1, -0.05) is 6.92 Å². The van der Waals surface area contributed by atoms with Crippen LogP contribution in [-0.2, 0) is 4.79 Å². The highest BCUT2D eigenvalue weighted by atomic mass is 19.2. The van der Waals surface area contributed by atoms with Crippen LogP contribution in [0.1, 0.15) is 13.3 Å². The first-order valence-corrected chi connectivity index (χ1v) is 5.04. The fourth-order valence-electron chi connectivity index (χ4n) is 1.19. The van der Waals surface area contributed by atoms with Crippen molar-refractivity contribution in [3.05, 3.63) is 41.5 Å². The van der Waals surface area contributed by atoms with Gasteiger partial charge in [-0.2, -0.15) is 0 Å². The summed E-state index contributed by atoms with van der Waals surface area (Å²) in [5.74, 6) is -2.81. The Morgan fingerprint density at radius 2 is 2.12 bits per heavy atom. The van der Waals surface area contributed by atoms with Crippen molar-refractivity contribution in [2.45, 2.75) is 13.3 Å². The Morgan fingerprint density at radius 3 is 2.65 bits per heavy atom. The van der Waals surface area contributed by atoms with Crippen molar-refractivity contribution >= 4 is 5.97 Å². The van der Waals surface area contributed by atoms with Gasteiger partial charge in [-0.15, -0.1) is 0 Å². The van der Waals surface area contributed by atoms with Gasteiger partial charge in [-0.25, -0.2) is 13.6 Å². The average molecular weight is 242 g/mol. The number of ether oxygens (including phenoxy) is 1. The fraction of sp³-hybridized carbons (Fsp3) is 0.250. The predicted molar refractivity (Wildman–Crippen MR) is 57.9 cm³/mol. The first-order valence-electron chi connectivity index (χ1n) is 5.04. The van der Waals surface area contributed by atoms with Crippen molar-refractivity contribution in [1.82, 2.24) is 0 Å². The molecule has 0 spiro atoms. The van der Waals surface area contributed by atoms with Crippen molar-refractivity contribution in [2.75, 3.05) is 6.61 Å². The maximum Gasteiger partial charge on any atom is 0.331 e. The van der Waals surface area contributed by atoms with Crippen LogP contribution in [0, 0.1) is 11.6 Å². The van der Waals surface area contributed by atoms with Gasteiger partial charge >= 0.3 is 5.97 Å². The van der Waals surface area contributed by atoms with Gasteiger partial charge < -0.3 is 9.84 Å². The Kier molecular flexibility index (Phi) is 4.63. The zero-order valence-electron chi connectivity index (χ0n) is 9.24. The first-order chi connectivity index (χ1) is 8.04. The number of carbonyl (C=O) groups is 1. The summed E-state index contributed by atoms with van der Waals surface area (Å²) in [4.78, 5) is 10.6. The van der Waals surface area contributed by atoms with Gasteiger partial charge in [0.25, 0.3) is 0 Å². The average Bonchev–Trinajstić information content (AvgIpc) is 2.28. The van der Waals surface area contributed by atoms with Gasteiger partial charge in [0, 0.05) is 11.6 Å². The Labute approximate surface area is 97.3 Å². The Balaban J connectivity index is 2.61. The smallest absolute Gasteiger partial charge is 0.331 e. The third-order valence-corrected chi connectivity index (χ3v) is 2.13. The van der Waals surface area contributed by atoms with Crippen LogP contribution in [-0.4, -0.2) is 17.7 Å². The molecule has 0 aliphatic heterocycles. The molecule has 0 aliphatic rings. The molecular formula is C12H12F2O3. The molecule has 3 nitrogen and oxygen atoms in total. The SMILES string of the molecule is CCC(=CCOc1ccc(F)c(F)c1)C(=O)O. The summed E-state index contributed by atoms with van der Waals surface area (Å²) in [5, 5.41) is 8.72. The first kappa shape index (κ1) is 13.2. The topological polar surface area (TPSA) is 46.5 Å². The number of hydrogen-bond acceptors (Lipinski definition) is 2. The van der Waals surface area contributed by atoms with Crippen molar-refractivity contribution in [2.24, 2.45) is 0 Å². The highest BCUT2D eigenvalue weighted by Crippen LogP contribution is 2.15.